The average molecular weight is 233 g/mol. The van der Waals surface area contributed by atoms with E-state index in [0.717, 1.165) is 12.1 Å². The number of aryl methyl sites for hydroxylation is 1. The molecule has 1 rings (SSSR count). The predicted molar refractivity (Wildman–Crippen MR) is 52.5 cm³/mol. The monoisotopic (exact) mass is 232 g/mol. The highest BCUT2D eigenvalue weighted by Crippen LogP contribution is 2.12. The van der Waals surface area contributed by atoms with Crippen LogP contribution in [0.4, 0.5) is 0 Å². The molecule has 4 heteroatoms. The van der Waals surface area contributed by atoms with Gasteiger partial charge in [-0.05, 0) is 36.2 Å². The molecule has 0 aromatic carbocycles. The van der Waals surface area contributed by atoms with Crippen molar-refractivity contribution in [2.45, 2.75) is 33.2 Å². The molecule has 0 saturated carbocycles. The van der Waals surface area contributed by atoms with Crippen molar-refractivity contribution in [1.82, 2.24) is 9.78 Å². The molecule has 3 nitrogen and oxygen atoms in total. The summed E-state index contributed by atoms with van der Waals surface area (Å²) in [4.78, 5) is 11.5. The van der Waals surface area contributed by atoms with Gasteiger partial charge in [0.15, 0.2) is 0 Å². The normalized spacial score (nSPS) is 13.3. The van der Waals surface area contributed by atoms with Crippen LogP contribution in [-0.2, 0) is 0 Å². The highest BCUT2D eigenvalue weighted by Gasteiger charge is 2.11. The van der Waals surface area contributed by atoms with Crippen LogP contribution in [0.3, 0.4) is 0 Å². The first-order chi connectivity index (χ1) is 5.57. The number of aromatic nitrogens is 2. The van der Waals surface area contributed by atoms with Gasteiger partial charge in [0, 0.05) is 5.69 Å². The number of nitrogens with one attached hydrogen (secondary N) is 1. The molecule has 1 atom stereocenters. The van der Waals surface area contributed by atoms with Crippen molar-refractivity contribution in [3.63, 3.8) is 0 Å². The largest absolute Gasteiger partial charge is 0.299 e. The molecule has 0 aliphatic carbocycles. The topological polar surface area (TPSA) is 37.8 Å². The molecule has 1 aromatic rings. The van der Waals surface area contributed by atoms with Crippen molar-refractivity contribution >= 4 is 15.9 Å². The van der Waals surface area contributed by atoms with Gasteiger partial charge in [-0.15, -0.1) is 0 Å². The number of H-pyrrole nitrogens is 1. The number of hydrogen-bond donors (Lipinski definition) is 1. The second-order valence-corrected chi connectivity index (χ2v) is 3.78. The lowest BCUT2D eigenvalue weighted by atomic mass is 10.3. The molecule has 1 heterocycles. The number of rotatable bonds is 2. The van der Waals surface area contributed by atoms with Crippen LogP contribution >= 0.6 is 15.9 Å². The molecule has 1 unspecified atom stereocenters. The molecular weight excluding hydrogens is 220 g/mol. The van der Waals surface area contributed by atoms with Crippen molar-refractivity contribution in [3.8, 4) is 0 Å². The maximum absolute atomic E-state index is 11.5. The quantitative estimate of drug-likeness (QED) is 0.835. The van der Waals surface area contributed by atoms with Gasteiger partial charge in [-0.25, -0.2) is 4.68 Å². The minimum absolute atomic E-state index is 0.0295. The molecule has 1 aromatic heterocycles. The van der Waals surface area contributed by atoms with Crippen molar-refractivity contribution < 1.29 is 0 Å². The summed E-state index contributed by atoms with van der Waals surface area (Å²) in [5, 5.41) is 3.02. The Labute approximate surface area is 79.9 Å². The van der Waals surface area contributed by atoms with E-state index in [4.69, 9.17) is 0 Å². The number of aromatic amines is 1. The van der Waals surface area contributed by atoms with Crippen LogP contribution in [0.1, 0.15) is 32.0 Å². The van der Waals surface area contributed by atoms with E-state index in [1.165, 1.54) is 0 Å². The summed E-state index contributed by atoms with van der Waals surface area (Å²) in [6, 6.07) is 0.238. The lowest BCUT2D eigenvalue weighted by Crippen LogP contribution is -2.20. The zero-order valence-electron chi connectivity index (χ0n) is 7.52. The Morgan fingerprint density at radius 3 is 2.58 bits per heavy atom. The summed E-state index contributed by atoms with van der Waals surface area (Å²) in [6.45, 7) is 5.95. The second kappa shape index (κ2) is 3.47. The number of nitrogens with zero attached hydrogens (tertiary/aromatic N) is 1. The number of halogens is 1. The third-order valence-electron chi connectivity index (χ3n) is 2.06. The van der Waals surface area contributed by atoms with Crippen LogP contribution in [0.5, 0.6) is 0 Å². The summed E-state index contributed by atoms with van der Waals surface area (Å²) in [5.74, 6) is 0. The molecule has 0 radical (unpaired) electrons. The first kappa shape index (κ1) is 9.58. The Balaban J connectivity index is 3.18. The summed E-state index contributed by atoms with van der Waals surface area (Å²) in [7, 11) is 0. The molecule has 0 saturated heterocycles. The highest BCUT2D eigenvalue weighted by atomic mass is 79.9. The van der Waals surface area contributed by atoms with Crippen LogP contribution in [-0.4, -0.2) is 9.78 Å². The minimum atomic E-state index is 0.0295. The van der Waals surface area contributed by atoms with Crippen molar-refractivity contribution in [1.29, 1.82) is 0 Å². The van der Waals surface area contributed by atoms with Gasteiger partial charge in [0.2, 0.25) is 0 Å². The van der Waals surface area contributed by atoms with Gasteiger partial charge < -0.3 is 0 Å². The third-order valence-corrected chi connectivity index (χ3v) is 2.99. The van der Waals surface area contributed by atoms with E-state index >= 15 is 0 Å². The summed E-state index contributed by atoms with van der Waals surface area (Å²) in [6.07, 6.45) is 0.951. The van der Waals surface area contributed by atoms with Crippen LogP contribution in [0.25, 0.3) is 0 Å². The van der Waals surface area contributed by atoms with E-state index in [1.807, 2.05) is 13.8 Å². The van der Waals surface area contributed by atoms with E-state index in [2.05, 4.69) is 28.0 Å². The van der Waals surface area contributed by atoms with E-state index < -0.39 is 0 Å². The molecule has 0 amide bonds. The molecule has 0 bridgehead atoms. The van der Waals surface area contributed by atoms with Gasteiger partial charge in [0.25, 0.3) is 5.56 Å². The summed E-state index contributed by atoms with van der Waals surface area (Å²) < 4.78 is 2.29. The maximum Gasteiger partial charge on any atom is 0.281 e. The molecular formula is C8H13BrN2O. The Morgan fingerprint density at radius 2 is 2.25 bits per heavy atom. The fourth-order valence-corrected chi connectivity index (χ4v) is 1.32. The highest BCUT2D eigenvalue weighted by molar-refractivity contribution is 9.10. The second-order valence-electron chi connectivity index (χ2n) is 2.98. The fourth-order valence-electron chi connectivity index (χ4n) is 1.04. The lowest BCUT2D eigenvalue weighted by molar-refractivity contribution is 0.463. The van der Waals surface area contributed by atoms with Crippen LogP contribution in [0.2, 0.25) is 0 Å². The third kappa shape index (κ3) is 1.48. The van der Waals surface area contributed by atoms with Gasteiger partial charge in [0.05, 0.1) is 6.04 Å². The Bertz CT molecular complexity index is 326. The van der Waals surface area contributed by atoms with Crippen molar-refractivity contribution in [3.05, 3.63) is 20.5 Å². The standard InChI is InChI=1S/C8H13BrN2O/c1-4-5(2)11-8(12)7(9)6(3)10-11/h5,10H,4H2,1-3H3. The van der Waals surface area contributed by atoms with E-state index in [1.54, 1.807) is 4.68 Å². The Morgan fingerprint density at radius 1 is 1.67 bits per heavy atom. The van der Waals surface area contributed by atoms with Gasteiger partial charge in [-0.3, -0.25) is 9.89 Å². The van der Waals surface area contributed by atoms with Gasteiger partial charge in [-0.1, -0.05) is 6.92 Å². The lowest BCUT2D eigenvalue weighted by Gasteiger charge is -2.07. The van der Waals surface area contributed by atoms with Crippen molar-refractivity contribution in [2.24, 2.45) is 0 Å². The molecule has 0 fully saturated rings. The SMILES string of the molecule is CCC(C)n1[nH]c(C)c(Br)c1=O. The minimum Gasteiger partial charge on any atom is -0.299 e. The smallest absolute Gasteiger partial charge is 0.281 e. The van der Waals surface area contributed by atoms with Crippen molar-refractivity contribution in [2.75, 3.05) is 0 Å². The van der Waals surface area contributed by atoms with Gasteiger partial charge in [-0.2, -0.15) is 0 Å². The summed E-state index contributed by atoms with van der Waals surface area (Å²) in [5.41, 5.74) is 0.919. The molecule has 1 N–H and O–H groups in total. The zero-order valence-corrected chi connectivity index (χ0v) is 9.10. The Hall–Kier alpha value is -0.510. The molecule has 68 valence electrons. The van der Waals surface area contributed by atoms with E-state index in [9.17, 15) is 4.79 Å². The van der Waals surface area contributed by atoms with Gasteiger partial charge >= 0.3 is 0 Å². The summed E-state index contributed by atoms with van der Waals surface area (Å²) >= 11 is 3.23. The first-order valence-corrected chi connectivity index (χ1v) is 4.83. The van der Waals surface area contributed by atoms with Crippen LogP contribution < -0.4 is 5.56 Å². The van der Waals surface area contributed by atoms with Crippen LogP contribution in [0, 0.1) is 6.92 Å². The van der Waals surface area contributed by atoms with Gasteiger partial charge in [0.1, 0.15) is 4.47 Å². The average Bonchev–Trinajstić information content (AvgIpc) is 2.32. The Kier molecular flexibility index (Phi) is 2.77. The molecule has 0 aliphatic rings. The number of hydrogen-bond acceptors (Lipinski definition) is 1. The molecule has 0 spiro atoms. The van der Waals surface area contributed by atoms with Crippen LogP contribution in [0.15, 0.2) is 9.27 Å². The maximum atomic E-state index is 11.5. The zero-order chi connectivity index (χ0) is 9.30. The van der Waals surface area contributed by atoms with E-state index in [-0.39, 0.29) is 11.6 Å². The molecule has 0 aliphatic heterocycles. The fraction of sp³-hybridized carbons (Fsp3) is 0.625. The molecule has 12 heavy (non-hydrogen) atoms. The first-order valence-electron chi connectivity index (χ1n) is 4.04. The predicted octanol–water partition coefficient (Wildman–Crippen LogP) is 2.22. The van der Waals surface area contributed by atoms with E-state index in [0.29, 0.717) is 4.47 Å².